The molecule has 0 spiro atoms. The normalized spacial score (nSPS) is 12.8. The third-order valence-electron chi connectivity index (χ3n) is 4.12. The molecule has 1 unspecified atom stereocenters. The predicted molar refractivity (Wildman–Crippen MR) is 108 cm³/mol. The first-order valence-corrected chi connectivity index (χ1v) is 11.1. The van der Waals surface area contributed by atoms with E-state index in [0.717, 1.165) is 28.2 Å². The second-order valence-electron chi connectivity index (χ2n) is 6.63. The molecule has 148 valence electrons. The zero-order chi connectivity index (χ0) is 20.0. The zero-order valence-corrected chi connectivity index (χ0v) is 17.6. The molecule has 0 aliphatic heterocycles. The molecule has 0 saturated heterocycles. The van der Waals surface area contributed by atoms with Crippen molar-refractivity contribution in [2.75, 3.05) is 13.7 Å². The molecule has 1 aromatic heterocycles. The van der Waals surface area contributed by atoms with Crippen molar-refractivity contribution in [1.82, 2.24) is 10.0 Å². The number of carbonyl (C=O) groups excluding carboxylic acids is 1. The number of rotatable bonds is 9. The molecule has 1 aromatic carbocycles. The lowest BCUT2D eigenvalue weighted by Crippen LogP contribution is -2.49. The van der Waals surface area contributed by atoms with Crippen LogP contribution in [0.25, 0.3) is 0 Å². The Bertz CT molecular complexity index is 862. The molecule has 8 heteroatoms. The molecule has 0 bridgehead atoms. The summed E-state index contributed by atoms with van der Waals surface area (Å²) < 4.78 is 32.9. The Hall–Kier alpha value is -1.90. The predicted octanol–water partition coefficient (Wildman–Crippen LogP) is 2.73. The van der Waals surface area contributed by atoms with Gasteiger partial charge in [0.1, 0.15) is 16.0 Å². The van der Waals surface area contributed by atoms with Crippen LogP contribution >= 0.6 is 11.3 Å². The van der Waals surface area contributed by atoms with Crippen LogP contribution < -0.4 is 14.8 Å². The van der Waals surface area contributed by atoms with E-state index in [-0.39, 0.29) is 16.0 Å². The van der Waals surface area contributed by atoms with Gasteiger partial charge in [-0.3, -0.25) is 4.79 Å². The third-order valence-corrected chi connectivity index (χ3v) is 6.96. The van der Waals surface area contributed by atoms with Crippen LogP contribution in [-0.2, 0) is 21.2 Å². The first kappa shape index (κ1) is 21.4. The Morgan fingerprint density at radius 3 is 2.59 bits per heavy atom. The van der Waals surface area contributed by atoms with Gasteiger partial charge < -0.3 is 10.1 Å². The van der Waals surface area contributed by atoms with Gasteiger partial charge in [0.2, 0.25) is 5.91 Å². The van der Waals surface area contributed by atoms with E-state index in [1.165, 1.54) is 6.07 Å². The van der Waals surface area contributed by atoms with Gasteiger partial charge >= 0.3 is 0 Å². The molecule has 0 radical (unpaired) electrons. The Morgan fingerprint density at radius 1 is 1.26 bits per heavy atom. The summed E-state index contributed by atoms with van der Waals surface area (Å²) in [6, 6.07) is 8.24. The molecule has 1 amide bonds. The van der Waals surface area contributed by atoms with Crippen LogP contribution in [0.2, 0.25) is 0 Å². The largest absolute Gasteiger partial charge is 0.496 e. The summed E-state index contributed by atoms with van der Waals surface area (Å²) in [7, 11) is -2.10. The lowest BCUT2D eigenvalue weighted by atomic mass is 10.0. The smallest absolute Gasteiger partial charge is 0.250 e. The van der Waals surface area contributed by atoms with Gasteiger partial charge in [0.05, 0.1) is 7.11 Å². The summed E-state index contributed by atoms with van der Waals surface area (Å²) in [5.41, 5.74) is 2.11. The maximum atomic E-state index is 12.6. The number of hydrogen-bond acceptors (Lipinski definition) is 5. The number of aryl methyl sites for hydroxylation is 1. The number of carbonyl (C=O) groups is 1. The Labute approximate surface area is 165 Å². The fourth-order valence-corrected chi connectivity index (χ4v) is 5.02. The molecule has 2 rings (SSSR count). The summed E-state index contributed by atoms with van der Waals surface area (Å²) in [5.74, 6) is 0.249. The van der Waals surface area contributed by atoms with Gasteiger partial charge in [0, 0.05) is 6.54 Å². The summed E-state index contributed by atoms with van der Waals surface area (Å²) in [6.07, 6.45) is 0.596. The van der Waals surface area contributed by atoms with Gasteiger partial charge in [0.15, 0.2) is 0 Å². The molecule has 0 fully saturated rings. The number of hydrogen-bond donors (Lipinski definition) is 2. The second kappa shape index (κ2) is 9.34. The number of thiophene rings is 1. The van der Waals surface area contributed by atoms with Gasteiger partial charge in [-0.25, -0.2) is 8.42 Å². The van der Waals surface area contributed by atoms with Crippen LogP contribution in [0.3, 0.4) is 0 Å². The van der Waals surface area contributed by atoms with Gasteiger partial charge in [0.25, 0.3) is 10.0 Å². The first-order valence-electron chi connectivity index (χ1n) is 8.71. The van der Waals surface area contributed by atoms with Crippen molar-refractivity contribution in [3.63, 3.8) is 0 Å². The minimum Gasteiger partial charge on any atom is -0.496 e. The maximum Gasteiger partial charge on any atom is 0.250 e. The SMILES string of the molecule is COc1ccc(C)cc1CCNC(=O)C(NS(=O)(=O)c1cccs1)C(C)C. The highest BCUT2D eigenvalue weighted by atomic mass is 32.2. The monoisotopic (exact) mass is 410 g/mol. The van der Waals surface area contributed by atoms with Crippen molar-refractivity contribution in [3.05, 3.63) is 46.8 Å². The van der Waals surface area contributed by atoms with Crippen molar-refractivity contribution in [3.8, 4) is 5.75 Å². The molecule has 0 aliphatic carbocycles. The molecule has 0 saturated carbocycles. The van der Waals surface area contributed by atoms with Crippen LogP contribution in [0.5, 0.6) is 5.75 Å². The van der Waals surface area contributed by atoms with E-state index >= 15 is 0 Å². The zero-order valence-electron chi connectivity index (χ0n) is 16.0. The molecule has 0 aliphatic rings. The fraction of sp³-hybridized carbons (Fsp3) is 0.421. The number of methoxy groups -OCH3 is 1. The molecule has 6 nitrogen and oxygen atoms in total. The molecule has 2 aromatic rings. The molecule has 27 heavy (non-hydrogen) atoms. The van der Waals surface area contributed by atoms with E-state index in [1.54, 1.807) is 18.6 Å². The summed E-state index contributed by atoms with van der Waals surface area (Å²) in [4.78, 5) is 12.6. The lowest BCUT2D eigenvalue weighted by molar-refractivity contribution is -0.123. The lowest BCUT2D eigenvalue weighted by Gasteiger charge is -2.21. The van der Waals surface area contributed by atoms with Gasteiger partial charge in [-0.2, -0.15) is 4.72 Å². The standard InChI is InChI=1S/C19H26N2O4S2/c1-13(2)18(21-27(23,24)17-6-5-11-26-17)19(22)20-10-9-15-12-14(3)7-8-16(15)25-4/h5-8,11-13,18,21H,9-10H2,1-4H3,(H,20,22). The van der Waals surface area contributed by atoms with Gasteiger partial charge in [-0.05, 0) is 42.3 Å². The Kier molecular flexibility index (Phi) is 7.41. The molecule has 1 atom stereocenters. The van der Waals surface area contributed by atoms with Crippen molar-refractivity contribution >= 4 is 27.3 Å². The summed E-state index contributed by atoms with van der Waals surface area (Å²) in [5, 5.41) is 4.52. The number of amides is 1. The number of ether oxygens (including phenoxy) is 1. The maximum absolute atomic E-state index is 12.6. The van der Waals surface area contributed by atoms with Crippen LogP contribution in [0, 0.1) is 12.8 Å². The van der Waals surface area contributed by atoms with E-state index < -0.39 is 16.1 Å². The quantitative estimate of drug-likeness (QED) is 0.666. The molecule has 2 N–H and O–H groups in total. The molecule has 1 heterocycles. The highest BCUT2D eigenvalue weighted by molar-refractivity contribution is 7.91. The minimum absolute atomic E-state index is 0.187. The highest BCUT2D eigenvalue weighted by Crippen LogP contribution is 2.20. The number of nitrogens with one attached hydrogen (secondary N) is 2. The van der Waals surface area contributed by atoms with E-state index in [9.17, 15) is 13.2 Å². The van der Waals surface area contributed by atoms with Crippen molar-refractivity contribution in [2.45, 2.75) is 37.4 Å². The fourth-order valence-electron chi connectivity index (χ4n) is 2.67. The summed E-state index contributed by atoms with van der Waals surface area (Å²) in [6.45, 7) is 6.01. The highest BCUT2D eigenvalue weighted by Gasteiger charge is 2.28. The molecular formula is C19H26N2O4S2. The Balaban J connectivity index is 2.01. The van der Waals surface area contributed by atoms with Gasteiger partial charge in [-0.1, -0.05) is 37.6 Å². The van der Waals surface area contributed by atoms with E-state index in [2.05, 4.69) is 10.0 Å². The van der Waals surface area contributed by atoms with Crippen LogP contribution in [0.15, 0.2) is 39.9 Å². The average molecular weight is 411 g/mol. The van der Waals surface area contributed by atoms with Crippen molar-refractivity contribution in [2.24, 2.45) is 5.92 Å². The van der Waals surface area contributed by atoms with E-state index in [1.807, 2.05) is 39.0 Å². The van der Waals surface area contributed by atoms with E-state index in [4.69, 9.17) is 4.74 Å². The topological polar surface area (TPSA) is 84.5 Å². The molecular weight excluding hydrogens is 384 g/mol. The Morgan fingerprint density at radius 2 is 2.00 bits per heavy atom. The van der Waals surface area contributed by atoms with Crippen molar-refractivity contribution < 1.29 is 17.9 Å². The summed E-state index contributed by atoms with van der Waals surface area (Å²) >= 11 is 1.12. The number of sulfonamides is 1. The van der Waals surface area contributed by atoms with Gasteiger partial charge in [-0.15, -0.1) is 11.3 Å². The average Bonchev–Trinajstić information content (AvgIpc) is 3.15. The van der Waals surface area contributed by atoms with E-state index in [0.29, 0.717) is 13.0 Å². The number of benzene rings is 1. The van der Waals surface area contributed by atoms with Crippen LogP contribution in [-0.4, -0.2) is 34.0 Å². The van der Waals surface area contributed by atoms with Crippen LogP contribution in [0.1, 0.15) is 25.0 Å². The minimum atomic E-state index is -3.71. The first-order chi connectivity index (χ1) is 12.7. The van der Waals surface area contributed by atoms with Crippen LogP contribution in [0.4, 0.5) is 0 Å². The third kappa shape index (κ3) is 5.79. The van der Waals surface area contributed by atoms with Crippen molar-refractivity contribution in [1.29, 1.82) is 0 Å². The second-order valence-corrected chi connectivity index (χ2v) is 9.52.